The van der Waals surface area contributed by atoms with Gasteiger partial charge in [-0.15, -0.1) is 10.3 Å². The number of aliphatic imine (C=N–C) groups is 1. The quantitative estimate of drug-likeness (QED) is 0.841. The average molecular weight is 343 g/mol. The van der Waals surface area contributed by atoms with Crippen LogP contribution in [0.4, 0.5) is 5.69 Å². The molecule has 1 unspecified atom stereocenters. The molecule has 0 saturated carbocycles. The average Bonchev–Trinajstić information content (AvgIpc) is 2.83. The number of likely N-dealkylation sites (tertiary alicyclic amines) is 1. The van der Waals surface area contributed by atoms with Crippen LogP contribution < -0.4 is 4.90 Å². The zero-order valence-electron chi connectivity index (χ0n) is 16.2. The third kappa shape index (κ3) is 2.93. The van der Waals surface area contributed by atoms with Crippen molar-refractivity contribution < 1.29 is 5.21 Å². The molecule has 0 amide bonds. The van der Waals surface area contributed by atoms with Crippen molar-refractivity contribution in [3.05, 3.63) is 29.8 Å². The first kappa shape index (κ1) is 18.2. The minimum Gasteiger partial charge on any atom is -0.378 e. The Morgan fingerprint density at radius 1 is 1.08 bits per heavy atom. The third-order valence-corrected chi connectivity index (χ3v) is 5.68. The highest BCUT2D eigenvalue weighted by Crippen LogP contribution is 2.45. The number of nitrogens with zero attached hydrogens (tertiary/aromatic N) is 4. The number of rotatable bonds is 3. The summed E-state index contributed by atoms with van der Waals surface area (Å²) in [4.78, 5) is 9.48. The summed E-state index contributed by atoms with van der Waals surface area (Å²) in [5, 5.41) is 14.6. The van der Waals surface area contributed by atoms with Crippen LogP contribution in [0.1, 0.15) is 52.0 Å². The van der Waals surface area contributed by atoms with Crippen LogP contribution in [0.15, 0.2) is 29.3 Å². The molecule has 0 spiro atoms. The van der Waals surface area contributed by atoms with Gasteiger partial charge in [-0.05, 0) is 57.2 Å². The lowest BCUT2D eigenvalue weighted by Crippen LogP contribution is -2.54. The summed E-state index contributed by atoms with van der Waals surface area (Å²) in [6, 6.07) is 8.26. The van der Waals surface area contributed by atoms with Crippen molar-refractivity contribution in [2.45, 2.75) is 57.7 Å². The maximum atomic E-state index is 13.4. The molecule has 0 aliphatic carbocycles. The van der Waals surface area contributed by atoms with Crippen molar-refractivity contribution in [3.8, 4) is 0 Å². The van der Waals surface area contributed by atoms with Gasteiger partial charge in [0, 0.05) is 32.9 Å². The molecule has 5 heteroatoms. The van der Waals surface area contributed by atoms with E-state index in [9.17, 15) is 5.21 Å². The summed E-state index contributed by atoms with van der Waals surface area (Å²) in [7, 11) is 4.05. The predicted octanol–water partition coefficient (Wildman–Crippen LogP) is 3.64. The fourth-order valence-electron chi connectivity index (χ4n) is 4.11. The number of benzene rings is 1. The smallest absolute Gasteiger partial charge is 0.166 e. The molecule has 1 atom stereocenters. The van der Waals surface area contributed by atoms with E-state index in [2.05, 4.69) is 41.0 Å². The summed E-state index contributed by atoms with van der Waals surface area (Å²) >= 11 is 0. The number of piperidine rings is 1. The first-order chi connectivity index (χ1) is 11.8. The van der Waals surface area contributed by atoms with Crippen LogP contribution in [-0.2, 0) is 10.9 Å². The molecule has 2 aliphatic rings. The van der Waals surface area contributed by atoms with E-state index in [1.807, 2.05) is 27.9 Å². The van der Waals surface area contributed by atoms with E-state index < -0.39 is 11.2 Å². The van der Waals surface area contributed by atoms with Gasteiger partial charge in [0.15, 0.2) is 5.66 Å². The number of hydrogen-bond donors (Lipinski definition) is 0. The van der Waals surface area contributed by atoms with Crippen LogP contribution >= 0.6 is 0 Å². The van der Waals surface area contributed by atoms with Gasteiger partial charge in [0.2, 0.25) is 0 Å². The summed E-state index contributed by atoms with van der Waals surface area (Å²) in [6.45, 7) is 8.10. The fraction of sp³-hybridized carbons (Fsp3) is 0.650. The van der Waals surface area contributed by atoms with E-state index in [0.717, 1.165) is 30.2 Å². The van der Waals surface area contributed by atoms with Crippen molar-refractivity contribution >= 4 is 11.5 Å². The van der Waals surface area contributed by atoms with E-state index in [1.54, 1.807) is 0 Å². The van der Waals surface area contributed by atoms with E-state index >= 15 is 0 Å². The zero-order chi connectivity index (χ0) is 18.2. The van der Waals surface area contributed by atoms with E-state index in [-0.39, 0.29) is 0 Å². The second-order valence-corrected chi connectivity index (χ2v) is 7.95. The Hall–Kier alpha value is -1.59. The standard InChI is InChI=1S/C20H31N4O/c1-6-20(16-10-12-17(13-11-16)22(4)5)21-18(19(2,3)24(20)25)23-14-8-7-9-15-23/h10-13H,6-9,14-15H2,1-5H3. The number of hydrogen-bond acceptors (Lipinski definition) is 4. The van der Waals surface area contributed by atoms with Crippen LogP contribution in [0.25, 0.3) is 0 Å². The van der Waals surface area contributed by atoms with Crippen LogP contribution in [0.5, 0.6) is 0 Å². The highest BCUT2D eigenvalue weighted by atomic mass is 16.5. The maximum Gasteiger partial charge on any atom is 0.166 e. The van der Waals surface area contributed by atoms with Crippen LogP contribution in [-0.4, -0.2) is 48.5 Å². The van der Waals surface area contributed by atoms with Crippen molar-refractivity contribution in [1.82, 2.24) is 9.96 Å². The normalized spacial score (nSPS) is 26.6. The molecular formula is C20H31N4O. The van der Waals surface area contributed by atoms with Gasteiger partial charge >= 0.3 is 0 Å². The maximum absolute atomic E-state index is 13.4. The molecule has 1 aromatic carbocycles. The van der Waals surface area contributed by atoms with E-state index in [4.69, 9.17) is 4.99 Å². The molecule has 2 aliphatic heterocycles. The lowest BCUT2D eigenvalue weighted by atomic mass is 9.94. The van der Waals surface area contributed by atoms with Crippen molar-refractivity contribution in [2.24, 2.45) is 4.99 Å². The van der Waals surface area contributed by atoms with Gasteiger partial charge in [-0.25, -0.2) is 4.99 Å². The number of anilines is 1. The third-order valence-electron chi connectivity index (χ3n) is 5.68. The molecule has 1 aromatic rings. The predicted molar refractivity (Wildman–Crippen MR) is 102 cm³/mol. The Bertz CT molecular complexity index is 632. The molecule has 1 radical (unpaired) electrons. The van der Waals surface area contributed by atoms with Crippen LogP contribution in [0, 0.1) is 0 Å². The fourth-order valence-corrected chi connectivity index (χ4v) is 4.11. The Labute approximate surface area is 151 Å². The Morgan fingerprint density at radius 2 is 1.68 bits per heavy atom. The zero-order valence-corrected chi connectivity index (χ0v) is 16.2. The minimum absolute atomic E-state index is 0.604. The number of hydroxylamine groups is 2. The second kappa shape index (κ2) is 6.61. The first-order valence-electron chi connectivity index (χ1n) is 9.43. The summed E-state index contributed by atoms with van der Waals surface area (Å²) in [6.07, 6.45) is 4.31. The Kier molecular flexibility index (Phi) is 4.82. The highest BCUT2D eigenvalue weighted by molar-refractivity contribution is 5.93. The van der Waals surface area contributed by atoms with Gasteiger partial charge < -0.3 is 9.80 Å². The van der Waals surface area contributed by atoms with E-state index in [0.29, 0.717) is 6.42 Å². The molecule has 137 valence electrons. The lowest BCUT2D eigenvalue weighted by molar-refractivity contribution is -0.256. The molecule has 1 saturated heterocycles. The van der Waals surface area contributed by atoms with Crippen molar-refractivity contribution in [2.75, 3.05) is 32.1 Å². The Balaban J connectivity index is 2.02. The van der Waals surface area contributed by atoms with Crippen molar-refractivity contribution in [3.63, 3.8) is 0 Å². The van der Waals surface area contributed by atoms with Crippen LogP contribution in [0.2, 0.25) is 0 Å². The van der Waals surface area contributed by atoms with E-state index in [1.165, 1.54) is 24.3 Å². The number of amidine groups is 1. The SMILES string of the molecule is CCC1(c2ccc(N(C)C)cc2)N=C(N2CCCCC2)C(C)(C)N1[O]. The molecule has 5 nitrogen and oxygen atoms in total. The highest BCUT2D eigenvalue weighted by Gasteiger charge is 2.55. The van der Waals surface area contributed by atoms with Crippen molar-refractivity contribution in [1.29, 1.82) is 0 Å². The van der Waals surface area contributed by atoms with Gasteiger partial charge in [-0.2, -0.15) is 0 Å². The van der Waals surface area contributed by atoms with Gasteiger partial charge in [-0.1, -0.05) is 19.1 Å². The monoisotopic (exact) mass is 343 g/mol. The molecule has 0 aromatic heterocycles. The van der Waals surface area contributed by atoms with Gasteiger partial charge in [0.1, 0.15) is 11.4 Å². The van der Waals surface area contributed by atoms with Gasteiger partial charge in [-0.3, -0.25) is 0 Å². The summed E-state index contributed by atoms with van der Waals surface area (Å²) in [5.41, 5.74) is 0.690. The molecule has 0 N–H and O–H groups in total. The molecule has 1 fully saturated rings. The summed E-state index contributed by atoms with van der Waals surface area (Å²) in [5.74, 6) is 0.959. The summed E-state index contributed by atoms with van der Waals surface area (Å²) < 4.78 is 0. The topological polar surface area (TPSA) is 42.0 Å². The lowest BCUT2D eigenvalue weighted by Gasteiger charge is -2.38. The largest absolute Gasteiger partial charge is 0.378 e. The van der Waals surface area contributed by atoms with Gasteiger partial charge in [0.25, 0.3) is 0 Å². The van der Waals surface area contributed by atoms with Gasteiger partial charge in [0.05, 0.1) is 0 Å². The molecular weight excluding hydrogens is 312 g/mol. The second-order valence-electron chi connectivity index (χ2n) is 7.95. The molecule has 2 heterocycles. The molecule has 3 rings (SSSR count). The first-order valence-corrected chi connectivity index (χ1v) is 9.43. The molecule has 0 bridgehead atoms. The minimum atomic E-state index is -0.818. The molecule has 25 heavy (non-hydrogen) atoms. The van der Waals surface area contributed by atoms with Crippen LogP contribution in [0.3, 0.4) is 0 Å². The Morgan fingerprint density at radius 3 is 2.20 bits per heavy atom.